The lowest BCUT2D eigenvalue weighted by atomic mass is 9.86. The predicted molar refractivity (Wildman–Crippen MR) is 72.6 cm³/mol. The summed E-state index contributed by atoms with van der Waals surface area (Å²) in [5.74, 6) is 6.05. The van der Waals surface area contributed by atoms with Gasteiger partial charge in [0.1, 0.15) is 0 Å². The zero-order valence-corrected chi connectivity index (χ0v) is 11.3. The van der Waals surface area contributed by atoms with Crippen molar-refractivity contribution in [2.45, 2.75) is 32.1 Å². The molecular weight excluding hydrogens is 276 g/mol. The highest BCUT2D eigenvalue weighted by Crippen LogP contribution is 2.24. The minimum absolute atomic E-state index is 0.112. The van der Waals surface area contributed by atoms with Gasteiger partial charge in [0.25, 0.3) is 0 Å². The van der Waals surface area contributed by atoms with Crippen LogP contribution < -0.4 is 0 Å². The fourth-order valence-corrected chi connectivity index (χ4v) is 2.54. The third-order valence-corrected chi connectivity index (χ3v) is 3.86. The Kier molecular flexibility index (Phi) is 4.39. The lowest BCUT2D eigenvalue weighted by Crippen LogP contribution is -2.15. The van der Waals surface area contributed by atoms with E-state index in [2.05, 4.69) is 27.8 Å². The van der Waals surface area contributed by atoms with Crippen LogP contribution in [-0.4, -0.2) is 5.78 Å². The third kappa shape index (κ3) is 3.44. The minimum atomic E-state index is 0.112. The van der Waals surface area contributed by atoms with E-state index in [-0.39, 0.29) is 11.7 Å². The highest BCUT2D eigenvalue weighted by Gasteiger charge is 2.19. The smallest absolute Gasteiger partial charge is 0.208 e. The van der Waals surface area contributed by atoms with Gasteiger partial charge in [0.15, 0.2) is 0 Å². The van der Waals surface area contributed by atoms with E-state index in [1.807, 2.05) is 24.3 Å². The molecule has 0 atom stereocenters. The van der Waals surface area contributed by atoms with E-state index in [0.29, 0.717) is 0 Å². The number of benzene rings is 1. The quantitative estimate of drug-likeness (QED) is 0.716. The maximum Gasteiger partial charge on any atom is 0.208 e. The van der Waals surface area contributed by atoms with Gasteiger partial charge in [-0.1, -0.05) is 37.3 Å². The Bertz CT molecular complexity index is 461. The molecule has 1 aromatic carbocycles. The topological polar surface area (TPSA) is 17.1 Å². The van der Waals surface area contributed by atoms with Gasteiger partial charge in [-0.15, -0.1) is 0 Å². The highest BCUT2D eigenvalue weighted by atomic mass is 79.9. The van der Waals surface area contributed by atoms with Gasteiger partial charge in [-0.3, -0.25) is 4.79 Å². The van der Waals surface area contributed by atoms with Crippen molar-refractivity contribution in [3.8, 4) is 11.8 Å². The molecule has 17 heavy (non-hydrogen) atoms. The largest absolute Gasteiger partial charge is 0.285 e. The Balaban J connectivity index is 2.06. The van der Waals surface area contributed by atoms with Gasteiger partial charge in [-0.25, -0.2) is 0 Å². The summed E-state index contributed by atoms with van der Waals surface area (Å²) in [7, 11) is 0. The third-order valence-electron chi connectivity index (χ3n) is 3.17. The molecule has 1 aromatic rings. The van der Waals surface area contributed by atoms with Crippen LogP contribution in [0.1, 0.15) is 37.7 Å². The van der Waals surface area contributed by atoms with Crippen LogP contribution in [0.2, 0.25) is 0 Å². The Morgan fingerprint density at radius 2 is 1.88 bits per heavy atom. The molecule has 0 N–H and O–H groups in total. The van der Waals surface area contributed by atoms with E-state index < -0.39 is 0 Å². The van der Waals surface area contributed by atoms with E-state index in [0.717, 1.165) is 22.9 Å². The van der Waals surface area contributed by atoms with Crippen molar-refractivity contribution < 1.29 is 4.79 Å². The molecule has 0 spiro atoms. The Labute approximate surface area is 111 Å². The van der Waals surface area contributed by atoms with Crippen molar-refractivity contribution in [3.63, 3.8) is 0 Å². The fourth-order valence-electron chi connectivity index (χ4n) is 2.16. The van der Waals surface area contributed by atoms with Crippen LogP contribution in [0.5, 0.6) is 0 Å². The van der Waals surface area contributed by atoms with Crippen LogP contribution in [0.4, 0.5) is 0 Å². The second-order valence-electron chi connectivity index (χ2n) is 4.43. The molecular formula is C15H15BrO. The molecule has 1 aliphatic rings. The molecule has 0 heterocycles. The molecule has 0 saturated heterocycles. The van der Waals surface area contributed by atoms with Crippen molar-refractivity contribution in [3.05, 3.63) is 34.3 Å². The number of carbonyl (C=O) groups is 1. The van der Waals surface area contributed by atoms with Crippen LogP contribution in [0.15, 0.2) is 28.7 Å². The molecule has 2 rings (SSSR count). The predicted octanol–water partition coefficient (Wildman–Crippen LogP) is 3.95. The van der Waals surface area contributed by atoms with Crippen LogP contribution in [0.3, 0.4) is 0 Å². The zero-order chi connectivity index (χ0) is 12.1. The second-order valence-corrected chi connectivity index (χ2v) is 5.28. The van der Waals surface area contributed by atoms with Crippen LogP contribution in [-0.2, 0) is 4.79 Å². The molecule has 0 bridgehead atoms. The van der Waals surface area contributed by atoms with Gasteiger partial charge in [0.05, 0.1) is 0 Å². The maximum atomic E-state index is 11.9. The summed E-state index contributed by atoms with van der Waals surface area (Å²) in [5.41, 5.74) is 0.886. The average Bonchev–Trinajstić information content (AvgIpc) is 2.38. The molecule has 1 fully saturated rings. The Hall–Kier alpha value is -1.07. The van der Waals surface area contributed by atoms with E-state index in [1.165, 1.54) is 19.3 Å². The lowest BCUT2D eigenvalue weighted by Gasteiger charge is -2.17. The number of ketones is 1. The minimum Gasteiger partial charge on any atom is -0.285 e. The van der Waals surface area contributed by atoms with Gasteiger partial charge < -0.3 is 0 Å². The van der Waals surface area contributed by atoms with Gasteiger partial charge in [-0.2, -0.15) is 0 Å². The molecule has 1 nitrogen and oxygen atoms in total. The molecule has 1 saturated carbocycles. The standard InChI is InChI=1S/C15H15BrO/c16-14-9-5-4-6-12(14)10-11-15(17)13-7-2-1-3-8-13/h4-6,9,13H,1-3,7-8H2. The van der Waals surface area contributed by atoms with Crippen molar-refractivity contribution >= 4 is 21.7 Å². The van der Waals surface area contributed by atoms with E-state index in [4.69, 9.17) is 0 Å². The number of hydrogen-bond donors (Lipinski definition) is 0. The van der Waals surface area contributed by atoms with Crippen LogP contribution in [0, 0.1) is 17.8 Å². The number of Topliss-reactive ketones (excluding diaryl/α,β-unsaturated/α-hetero) is 1. The van der Waals surface area contributed by atoms with Gasteiger partial charge in [-0.05, 0) is 46.8 Å². The van der Waals surface area contributed by atoms with E-state index in [9.17, 15) is 4.79 Å². The highest BCUT2D eigenvalue weighted by molar-refractivity contribution is 9.10. The summed E-state index contributed by atoms with van der Waals surface area (Å²) in [6, 6.07) is 7.73. The Morgan fingerprint density at radius 1 is 1.18 bits per heavy atom. The van der Waals surface area contributed by atoms with Crippen molar-refractivity contribution in [1.82, 2.24) is 0 Å². The number of halogens is 1. The first-order valence-corrected chi connectivity index (χ1v) is 6.87. The first kappa shape index (κ1) is 12.4. The monoisotopic (exact) mass is 290 g/mol. The van der Waals surface area contributed by atoms with E-state index in [1.54, 1.807) is 0 Å². The first-order chi connectivity index (χ1) is 8.27. The zero-order valence-electron chi connectivity index (χ0n) is 9.71. The summed E-state index contributed by atoms with van der Waals surface area (Å²) in [6.45, 7) is 0. The molecule has 0 amide bonds. The van der Waals surface area contributed by atoms with Crippen molar-refractivity contribution in [2.24, 2.45) is 5.92 Å². The van der Waals surface area contributed by atoms with Crippen molar-refractivity contribution in [1.29, 1.82) is 0 Å². The fraction of sp³-hybridized carbons (Fsp3) is 0.400. The molecule has 0 aromatic heterocycles. The molecule has 0 unspecified atom stereocenters. The first-order valence-electron chi connectivity index (χ1n) is 6.08. The summed E-state index contributed by atoms with van der Waals surface area (Å²) in [4.78, 5) is 11.9. The SMILES string of the molecule is O=C(C#Cc1ccccc1Br)C1CCCCC1. The van der Waals surface area contributed by atoms with Gasteiger partial charge in [0.2, 0.25) is 5.78 Å². The maximum absolute atomic E-state index is 11.9. The molecule has 88 valence electrons. The Morgan fingerprint density at radius 3 is 2.59 bits per heavy atom. The van der Waals surface area contributed by atoms with Crippen LogP contribution >= 0.6 is 15.9 Å². The lowest BCUT2D eigenvalue weighted by molar-refractivity contribution is -0.118. The normalized spacial score (nSPS) is 16.1. The summed E-state index contributed by atoms with van der Waals surface area (Å²) >= 11 is 3.43. The molecule has 0 radical (unpaired) electrons. The number of rotatable bonds is 1. The van der Waals surface area contributed by atoms with Crippen molar-refractivity contribution in [2.75, 3.05) is 0 Å². The number of carbonyl (C=O) groups excluding carboxylic acids is 1. The summed E-state index contributed by atoms with van der Waals surface area (Å²) in [5, 5.41) is 0. The number of hydrogen-bond acceptors (Lipinski definition) is 1. The van der Waals surface area contributed by atoms with Crippen LogP contribution in [0.25, 0.3) is 0 Å². The summed E-state index contributed by atoms with van der Waals surface area (Å²) in [6.07, 6.45) is 5.65. The van der Waals surface area contributed by atoms with Gasteiger partial charge >= 0.3 is 0 Å². The van der Waals surface area contributed by atoms with Gasteiger partial charge in [0, 0.05) is 16.0 Å². The second kappa shape index (κ2) is 6.02. The van der Waals surface area contributed by atoms with E-state index >= 15 is 0 Å². The molecule has 2 heteroatoms. The molecule has 0 aliphatic heterocycles. The summed E-state index contributed by atoms with van der Waals surface area (Å²) < 4.78 is 0.948. The average molecular weight is 291 g/mol. The molecule has 1 aliphatic carbocycles.